The van der Waals surface area contributed by atoms with E-state index in [0.29, 0.717) is 5.56 Å². The van der Waals surface area contributed by atoms with Gasteiger partial charge in [0.1, 0.15) is 0 Å². The normalized spacial score (nSPS) is 11.3. The summed E-state index contributed by atoms with van der Waals surface area (Å²) in [5.74, 6) is -1.31. The van der Waals surface area contributed by atoms with Crippen LogP contribution < -0.4 is 5.73 Å². The quantitative estimate of drug-likeness (QED) is 0.445. The van der Waals surface area contributed by atoms with E-state index in [2.05, 4.69) is 4.74 Å². The molecule has 1 aromatic carbocycles. The minimum atomic E-state index is -1.32. The number of methoxy groups -OCH3 is 1. The van der Waals surface area contributed by atoms with Gasteiger partial charge in [0.2, 0.25) is 0 Å². The molecule has 0 aliphatic carbocycles. The number of hydrogen-bond donors (Lipinski definition) is 1. The van der Waals surface area contributed by atoms with E-state index in [-0.39, 0.29) is 5.56 Å². The molecule has 0 spiro atoms. The first-order chi connectivity index (χ1) is 7.60. The molecular weight excluding hydrogens is 208 g/mol. The van der Waals surface area contributed by atoms with E-state index in [4.69, 9.17) is 11.0 Å². The third-order valence-corrected chi connectivity index (χ3v) is 2.04. The largest absolute Gasteiger partial charge is 0.468 e. The fourth-order valence-electron chi connectivity index (χ4n) is 1.12. The molecular formula is C11H10N2O3. The molecule has 1 atom stereocenters. The Labute approximate surface area is 92.4 Å². The standard InChI is InChI=1S/C11H10N2O3/c1-16-11(15)9(13)10(14)8-4-2-7(6-12)3-5-8/h2-5,9H,13H2,1H3. The summed E-state index contributed by atoms with van der Waals surface area (Å²) in [5, 5.41) is 8.57. The van der Waals surface area contributed by atoms with Crippen molar-refractivity contribution in [1.29, 1.82) is 5.26 Å². The molecule has 1 aromatic rings. The Bertz CT molecular complexity index is 445. The van der Waals surface area contributed by atoms with E-state index >= 15 is 0 Å². The summed E-state index contributed by atoms with van der Waals surface area (Å²) in [6, 6.07) is 6.46. The lowest BCUT2D eigenvalue weighted by atomic mass is 10.0. The average molecular weight is 218 g/mol. The minimum absolute atomic E-state index is 0.275. The van der Waals surface area contributed by atoms with Crippen molar-refractivity contribution in [2.24, 2.45) is 5.73 Å². The van der Waals surface area contributed by atoms with Crippen LogP contribution in [-0.2, 0) is 9.53 Å². The predicted molar refractivity (Wildman–Crippen MR) is 55.5 cm³/mol. The Kier molecular flexibility index (Phi) is 3.75. The molecule has 0 saturated carbocycles. The van der Waals surface area contributed by atoms with Gasteiger partial charge in [-0.25, -0.2) is 4.79 Å². The van der Waals surface area contributed by atoms with Crippen molar-refractivity contribution in [1.82, 2.24) is 0 Å². The monoisotopic (exact) mass is 218 g/mol. The van der Waals surface area contributed by atoms with Crippen molar-refractivity contribution in [3.05, 3.63) is 35.4 Å². The summed E-state index contributed by atoms with van der Waals surface area (Å²) < 4.78 is 4.36. The number of rotatable bonds is 3. The zero-order valence-electron chi connectivity index (χ0n) is 8.64. The van der Waals surface area contributed by atoms with Crippen LogP contribution >= 0.6 is 0 Å². The maximum atomic E-state index is 11.6. The van der Waals surface area contributed by atoms with Gasteiger partial charge >= 0.3 is 5.97 Å². The van der Waals surface area contributed by atoms with Crippen LogP contribution in [0.3, 0.4) is 0 Å². The van der Waals surface area contributed by atoms with Gasteiger partial charge in [-0.1, -0.05) is 12.1 Å². The van der Waals surface area contributed by atoms with Gasteiger partial charge in [0, 0.05) is 5.56 Å². The number of carbonyl (C=O) groups excluding carboxylic acids is 2. The van der Waals surface area contributed by atoms with E-state index in [0.717, 1.165) is 7.11 Å². The highest BCUT2D eigenvalue weighted by molar-refractivity contribution is 6.11. The molecule has 16 heavy (non-hydrogen) atoms. The van der Waals surface area contributed by atoms with Crippen LogP contribution in [0.5, 0.6) is 0 Å². The van der Waals surface area contributed by atoms with Gasteiger partial charge in [0.05, 0.1) is 18.7 Å². The predicted octanol–water partition coefficient (Wildman–Crippen LogP) is 0.241. The van der Waals surface area contributed by atoms with E-state index in [1.807, 2.05) is 6.07 Å². The average Bonchev–Trinajstić information content (AvgIpc) is 2.36. The molecule has 5 heteroatoms. The summed E-state index contributed by atoms with van der Waals surface area (Å²) in [6.45, 7) is 0. The highest BCUT2D eigenvalue weighted by Gasteiger charge is 2.23. The number of benzene rings is 1. The number of carbonyl (C=O) groups is 2. The number of nitrogens with zero attached hydrogens (tertiary/aromatic N) is 1. The number of nitrogens with two attached hydrogens (primary N) is 1. The Balaban J connectivity index is 2.89. The van der Waals surface area contributed by atoms with Gasteiger partial charge in [-0.15, -0.1) is 0 Å². The molecule has 0 aliphatic heterocycles. The Morgan fingerprint density at radius 3 is 2.38 bits per heavy atom. The second-order valence-corrected chi connectivity index (χ2v) is 3.05. The molecule has 1 rings (SSSR count). The van der Waals surface area contributed by atoms with Crippen molar-refractivity contribution < 1.29 is 14.3 Å². The van der Waals surface area contributed by atoms with Crippen molar-refractivity contribution in [3.8, 4) is 6.07 Å². The van der Waals surface area contributed by atoms with Crippen LogP contribution in [-0.4, -0.2) is 24.9 Å². The Morgan fingerprint density at radius 2 is 1.94 bits per heavy atom. The topological polar surface area (TPSA) is 93.2 Å². The van der Waals surface area contributed by atoms with E-state index < -0.39 is 17.8 Å². The van der Waals surface area contributed by atoms with Crippen LogP contribution in [0.2, 0.25) is 0 Å². The van der Waals surface area contributed by atoms with Crippen LogP contribution in [0.15, 0.2) is 24.3 Å². The fourth-order valence-corrected chi connectivity index (χ4v) is 1.12. The molecule has 0 saturated heterocycles. The maximum Gasteiger partial charge on any atom is 0.330 e. The summed E-state index contributed by atoms with van der Waals surface area (Å²) in [7, 11) is 1.16. The molecule has 1 unspecified atom stereocenters. The van der Waals surface area contributed by atoms with E-state index in [1.54, 1.807) is 0 Å². The molecule has 5 nitrogen and oxygen atoms in total. The van der Waals surface area contributed by atoms with Crippen molar-refractivity contribution in [2.75, 3.05) is 7.11 Å². The number of nitriles is 1. The van der Waals surface area contributed by atoms with Gasteiger partial charge in [0.25, 0.3) is 0 Å². The molecule has 0 amide bonds. The molecule has 0 aromatic heterocycles. The van der Waals surface area contributed by atoms with Crippen LogP contribution in [0.25, 0.3) is 0 Å². The lowest BCUT2D eigenvalue weighted by Crippen LogP contribution is -2.39. The summed E-state index contributed by atoms with van der Waals surface area (Å²) in [5.41, 5.74) is 6.09. The fraction of sp³-hybridized carbons (Fsp3) is 0.182. The summed E-state index contributed by atoms with van der Waals surface area (Å²) >= 11 is 0. The molecule has 0 fully saturated rings. The smallest absolute Gasteiger partial charge is 0.330 e. The summed E-state index contributed by atoms with van der Waals surface area (Å²) in [6.07, 6.45) is 0. The molecule has 2 N–H and O–H groups in total. The Morgan fingerprint density at radius 1 is 1.38 bits per heavy atom. The number of ketones is 1. The Hall–Kier alpha value is -2.19. The number of esters is 1. The lowest BCUT2D eigenvalue weighted by Gasteiger charge is -2.07. The van der Waals surface area contributed by atoms with Crippen molar-refractivity contribution in [2.45, 2.75) is 6.04 Å². The van der Waals surface area contributed by atoms with Crippen molar-refractivity contribution >= 4 is 11.8 Å². The number of Topliss-reactive ketones (excluding diaryl/α,β-unsaturated/α-hetero) is 1. The highest BCUT2D eigenvalue weighted by Crippen LogP contribution is 2.06. The lowest BCUT2D eigenvalue weighted by molar-refractivity contribution is -0.140. The zero-order chi connectivity index (χ0) is 12.1. The van der Waals surface area contributed by atoms with Gasteiger partial charge in [-0.05, 0) is 12.1 Å². The molecule has 0 aliphatic rings. The van der Waals surface area contributed by atoms with E-state index in [1.165, 1.54) is 24.3 Å². The second-order valence-electron chi connectivity index (χ2n) is 3.05. The second kappa shape index (κ2) is 5.05. The van der Waals surface area contributed by atoms with Crippen LogP contribution in [0.4, 0.5) is 0 Å². The van der Waals surface area contributed by atoms with Gasteiger partial charge < -0.3 is 10.5 Å². The zero-order valence-corrected chi connectivity index (χ0v) is 8.64. The van der Waals surface area contributed by atoms with Gasteiger partial charge in [0.15, 0.2) is 11.8 Å². The third-order valence-electron chi connectivity index (χ3n) is 2.04. The van der Waals surface area contributed by atoms with Gasteiger partial charge in [-0.2, -0.15) is 5.26 Å². The first-order valence-electron chi connectivity index (χ1n) is 4.48. The first-order valence-corrected chi connectivity index (χ1v) is 4.48. The third kappa shape index (κ3) is 2.43. The van der Waals surface area contributed by atoms with Crippen LogP contribution in [0.1, 0.15) is 15.9 Å². The minimum Gasteiger partial charge on any atom is -0.468 e. The van der Waals surface area contributed by atoms with Gasteiger partial charge in [-0.3, -0.25) is 4.79 Å². The maximum absolute atomic E-state index is 11.6. The number of hydrogen-bond acceptors (Lipinski definition) is 5. The van der Waals surface area contributed by atoms with E-state index in [9.17, 15) is 9.59 Å². The molecule has 0 bridgehead atoms. The highest BCUT2D eigenvalue weighted by atomic mass is 16.5. The number of ether oxygens (including phenoxy) is 1. The molecule has 82 valence electrons. The van der Waals surface area contributed by atoms with Crippen LogP contribution in [0, 0.1) is 11.3 Å². The molecule has 0 heterocycles. The first kappa shape index (κ1) is 11.9. The molecule has 0 radical (unpaired) electrons. The summed E-state index contributed by atoms with van der Waals surface area (Å²) in [4.78, 5) is 22.7. The van der Waals surface area contributed by atoms with Crippen molar-refractivity contribution in [3.63, 3.8) is 0 Å². The SMILES string of the molecule is COC(=O)C(N)C(=O)c1ccc(C#N)cc1.